The Hall–Kier alpha value is -3.60. The summed E-state index contributed by atoms with van der Waals surface area (Å²) in [6.07, 6.45) is -0.362. The monoisotopic (exact) mass is 460 g/mol. The van der Waals surface area contributed by atoms with Crippen molar-refractivity contribution in [3.63, 3.8) is 0 Å². The lowest BCUT2D eigenvalue weighted by Crippen LogP contribution is -2.22. The maximum Gasteiger partial charge on any atom is 0.574 e. The van der Waals surface area contributed by atoms with E-state index in [2.05, 4.69) is 19.7 Å². The molecule has 0 radical (unpaired) electrons. The molecule has 0 aliphatic carbocycles. The Morgan fingerprint density at radius 3 is 2.38 bits per heavy atom. The van der Waals surface area contributed by atoms with Gasteiger partial charge in [-0.2, -0.15) is 0 Å². The molecular formula is C21H15F3N4O3S. The van der Waals surface area contributed by atoms with Crippen LogP contribution in [-0.4, -0.2) is 39.2 Å². The number of ether oxygens (including phenoxy) is 2. The number of hydrogen-bond acceptors (Lipinski definition) is 7. The molecule has 0 unspecified atom stereocenters. The Balaban J connectivity index is 1.92. The maximum absolute atomic E-state index is 13.5. The van der Waals surface area contributed by atoms with Gasteiger partial charge in [-0.25, -0.2) is 15.0 Å². The van der Waals surface area contributed by atoms with Gasteiger partial charge in [-0.15, -0.1) is 13.2 Å². The van der Waals surface area contributed by atoms with Crippen molar-refractivity contribution in [2.45, 2.75) is 11.5 Å². The average molecular weight is 460 g/mol. The van der Waals surface area contributed by atoms with Crippen LogP contribution in [0.2, 0.25) is 0 Å². The number of pyridine rings is 2. The molecule has 32 heavy (non-hydrogen) atoms. The molecule has 0 bridgehead atoms. The second-order valence-electron chi connectivity index (χ2n) is 6.47. The minimum absolute atomic E-state index is 0.232. The quantitative estimate of drug-likeness (QED) is 0.321. The molecule has 1 aromatic carbocycles. The zero-order valence-electron chi connectivity index (χ0n) is 16.8. The minimum atomic E-state index is -4.87. The number of benzene rings is 1. The average Bonchev–Trinajstić information content (AvgIpc) is 2.78. The van der Waals surface area contributed by atoms with E-state index in [1.165, 1.54) is 29.5 Å². The fourth-order valence-corrected chi connectivity index (χ4v) is 3.42. The summed E-state index contributed by atoms with van der Waals surface area (Å²) >= 11 is 1.29. The van der Waals surface area contributed by atoms with Crippen LogP contribution in [0.3, 0.4) is 0 Å². The Bertz CT molecular complexity index is 1320. The van der Waals surface area contributed by atoms with Crippen LogP contribution in [0.1, 0.15) is 0 Å². The molecule has 7 nitrogen and oxygen atoms in total. The van der Waals surface area contributed by atoms with E-state index in [1.54, 1.807) is 42.8 Å². The molecule has 0 atom stereocenters. The van der Waals surface area contributed by atoms with Gasteiger partial charge in [-0.3, -0.25) is 9.36 Å². The summed E-state index contributed by atoms with van der Waals surface area (Å²) in [5, 5.41) is 1.01. The van der Waals surface area contributed by atoms with Crippen molar-refractivity contribution in [1.29, 1.82) is 0 Å². The third-order valence-corrected chi connectivity index (χ3v) is 5.06. The van der Waals surface area contributed by atoms with Gasteiger partial charge in [0.2, 0.25) is 5.88 Å². The normalized spacial score (nSPS) is 11.5. The molecule has 0 aliphatic heterocycles. The molecule has 0 amide bonds. The third-order valence-electron chi connectivity index (χ3n) is 4.50. The van der Waals surface area contributed by atoms with E-state index in [-0.39, 0.29) is 5.69 Å². The number of aromatic nitrogens is 4. The first-order valence-electron chi connectivity index (χ1n) is 9.12. The van der Waals surface area contributed by atoms with Gasteiger partial charge in [0, 0.05) is 23.2 Å². The van der Waals surface area contributed by atoms with Gasteiger partial charge in [0.1, 0.15) is 5.75 Å². The third kappa shape index (κ3) is 4.37. The summed E-state index contributed by atoms with van der Waals surface area (Å²) in [6.45, 7) is 0. The Morgan fingerprint density at radius 2 is 1.78 bits per heavy atom. The zero-order chi connectivity index (χ0) is 22.9. The van der Waals surface area contributed by atoms with Crippen molar-refractivity contribution in [3.8, 4) is 28.4 Å². The summed E-state index contributed by atoms with van der Waals surface area (Å²) in [6, 6.07) is 11.0. The number of rotatable bonds is 5. The van der Waals surface area contributed by atoms with Gasteiger partial charge in [-0.1, -0.05) is 23.9 Å². The van der Waals surface area contributed by atoms with Crippen molar-refractivity contribution in [3.05, 3.63) is 65.2 Å². The van der Waals surface area contributed by atoms with E-state index in [9.17, 15) is 18.0 Å². The fraction of sp³-hybridized carbons (Fsp3) is 0.143. The second-order valence-corrected chi connectivity index (χ2v) is 7.24. The van der Waals surface area contributed by atoms with Gasteiger partial charge >= 0.3 is 6.36 Å². The smallest absolute Gasteiger partial charge is 0.497 e. The van der Waals surface area contributed by atoms with Gasteiger partial charge in [-0.05, 0) is 36.1 Å². The van der Waals surface area contributed by atoms with Crippen LogP contribution in [-0.2, 0) is 0 Å². The first-order chi connectivity index (χ1) is 15.3. The molecule has 0 fully saturated rings. The SMILES string of the molecule is COc1ccc(-c2cc3cnc(SC)nc3n(-c3ccc(OC(F)(F)F)nc3)c2=O)cc1. The molecule has 11 heteroatoms. The first-order valence-corrected chi connectivity index (χ1v) is 10.3. The highest BCUT2D eigenvalue weighted by molar-refractivity contribution is 7.98. The van der Waals surface area contributed by atoms with Crippen molar-refractivity contribution < 1.29 is 22.6 Å². The molecule has 0 spiro atoms. The van der Waals surface area contributed by atoms with E-state index < -0.39 is 17.8 Å². The molecule has 0 N–H and O–H groups in total. The Morgan fingerprint density at radius 1 is 1.03 bits per heavy atom. The van der Waals surface area contributed by atoms with Crippen molar-refractivity contribution in [2.24, 2.45) is 0 Å². The van der Waals surface area contributed by atoms with E-state index in [1.807, 2.05) is 0 Å². The zero-order valence-corrected chi connectivity index (χ0v) is 17.6. The van der Waals surface area contributed by atoms with Crippen molar-refractivity contribution in [2.75, 3.05) is 13.4 Å². The molecule has 3 aromatic heterocycles. The number of hydrogen-bond donors (Lipinski definition) is 0. The highest BCUT2D eigenvalue weighted by Crippen LogP contribution is 2.26. The second kappa shape index (κ2) is 8.50. The summed E-state index contributed by atoms with van der Waals surface area (Å²) < 4.78 is 47.7. The van der Waals surface area contributed by atoms with Gasteiger partial charge < -0.3 is 9.47 Å². The van der Waals surface area contributed by atoms with Crippen LogP contribution < -0.4 is 15.0 Å². The lowest BCUT2D eigenvalue weighted by molar-refractivity contribution is -0.276. The number of thioether (sulfide) groups is 1. The van der Waals surface area contributed by atoms with E-state index >= 15 is 0 Å². The summed E-state index contributed by atoms with van der Waals surface area (Å²) in [4.78, 5) is 25.9. The van der Waals surface area contributed by atoms with Crippen LogP contribution in [0.4, 0.5) is 13.2 Å². The Kier molecular flexibility index (Phi) is 5.74. The molecule has 3 heterocycles. The fourth-order valence-electron chi connectivity index (χ4n) is 3.08. The molecule has 4 aromatic rings. The Labute approximate surface area is 183 Å². The molecule has 164 valence electrons. The van der Waals surface area contributed by atoms with Gasteiger partial charge in [0.25, 0.3) is 5.56 Å². The summed E-state index contributed by atoms with van der Waals surface area (Å²) in [7, 11) is 1.54. The highest BCUT2D eigenvalue weighted by atomic mass is 32.2. The number of fused-ring (bicyclic) bond motifs is 1. The minimum Gasteiger partial charge on any atom is -0.497 e. The summed E-state index contributed by atoms with van der Waals surface area (Å²) in [5.41, 5.74) is 1.11. The molecule has 4 rings (SSSR count). The predicted octanol–water partition coefficient (Wildman–Crippen LogP) is 4.47. The topological polar surface area (TPSA) is 79.1 Å². The van der Waals surface area contributed by atoms with E-state index in [0.29, 0.717) is 33.1 Å². The van der Waals surface area contributed by atoms with Crippen molar-refractivity contribution >= 4 is 22.8 Å². The molecule has 0 saturated carbocycles. The molecule has 0 aliphatic rings. The number of alkyl halides is 3. The van der Waals surface area contributed by atoms with E-state index in [4.69, 9.17) is 4.74 Å². The summed E-state index contributed by atoms with van der Waals surface area (Å²) in [5.74, 6) is -0.00314. The van der Waals surface area contributed by atoms with Crippen LogP contribution in [0, 0.1) is 0 Å². The van der Waals surface area contributed by atoms with Crippen LogP contribution in [0.25, 0.3) is 27.8 Å². The van der Waals surface area contributed by atoms with Gasteiger partial charge in [0.05, 0.1) is 19.0 Å². The predicted molar refractivity (Wildman–Crippen MR) is 113 cm³/mol. The first kappa shape index (κ1) is 21.6. The highest BCUT2D eigenvalue weighted by Gasteiger charge is 2.31. The van der Waals surface area contributed by atoms with Crippen molar-refractivity contribution in [1.82, 2.24) is 19.5 Å². The maximum atomic E-state index is 13.5. The lowest BCUT2D eigenvalue weighted by Gasteiger charge is -2.14. The lowest BCUT2D eigenvalue weighted by atomic mass is 10.1. The number of methoxy groups -OCH3 is 1. The molecular weight excluding hydrogens is 445 g/mol. The number of halogens is 3. The van der Waals surface area contributed by atoms with Crippen LogP contribution >= 0.6 is 11.8 Å². The molecule has 0 saturated heterocycles. The van der Waals surface area contributed by atoms with Gasteiger partial charge in [0.15, 0.2) is 10.8 Å². The largest absolute Gasteiger partial charge is 0.574 e. The standard InChI is InChI=1S/C21H15F3N4O3S/c1-30-15-6-3-12(4-7-15)16-9-13-10-26-20(32-2)27-18(13)28(19(16)29)14-5-8-17(25-11-14)31-21(22,23)24/h3-11H,1-2H3. The van der Waals surface area contributed by atoms with Crippen LogP contribution in [0.5, 0.6) is 11.6 Å². The van der Waals surface area contributed by atoms with Crippen LogP contribution in [0.15, 0.2) is 64.8 Å². The van der Waals surface area contributed by atoms with E-state index in [0.717, 1.165) is 12.3 Å². The number of nitrogens with zero attached hydrogens (tertiary/aromatic N) is 4.